The molecule has 0 saturated carbocycles. The molecule has 0 atom stereocenters. The lowest BCUT2D eigenvalue weighted by molar-refractivity contribution is 0.0538. The van der Waals surface area contributed by atoms with Gasteiger partial charge in [-0.1, -0.05) is 0 Å². The third-order valence-electron chi connectivity index (χ3n) is 1.91. The Morgan fingerprint density at radius 1 is 1.47 bits per heavy atom. The minimum Gasteiger partial charge on any atom is -0.475 e. The van der Waals surface area contributed by atoms with Crippen molar-refractivity contribution in [2.24, 2.45) is 5.73 Å². The number of amides is 1. The molecule has 0 bridgehead atoms. The van der Waals surface area contributed by atoms with Crippen LogP contribution < -0.4 is 16.2 Å². The predicted molar refractivity (Wildman–Crippen MR) is 63.8 cm³/mol. The third-order valence-corrected chi connectivity index (χ3v) is 1.91. The number of hydrogen-bond acceptors (Lipinski definition) is 5. The lowest BCUT2D eigenvalue weighted by Gasteiger charge is -2.10. The van der Waals surface area contributed by atoms with E-state index in [1.165, 1.54) is 12.3 Å². The van der Waals surface area contributed by atoms with E-state index in [9.17, 15) is 4.79 Å². The number of rotatable bonds is 6. The van der Waals surface area contributed by atoms with E-state index < -0.39 is 5.91 Å². The zero-order valence-corrected chi connectivity index (χ0v) is 9.97. The first-order valence-electron chi connectivity index (χ1n) is 5.30. The molecule has 0 aliphatic rings. The van der Waals surface area contributed by atoms with Gasteiger partial charge in [-0.05, 0) is 19.9 Å². The van der Waals surface area contributed by atoms with Crippen molar-refractivity contribution in [3.63, 3.8) is 0 Å². The smallest absolute Gasteiger partial charge is 0.254 e. The van der Waals surface area contributed by atoms with E-state index in [4.69, 9.17) is 20.9 Å². The minimum atomic E-state index is -0.621. The Morgan fingerprint density at radius 2 is 2.18 bits per heavy atom. The van der Waals surface area contributed by atoms with Crippen LogP contribution in [0, 0.1) is 0 Å². The summed E-state index contributed by atoms with van der Waals surface area (Å²) < 4.78 is 10.6. The lowest BCUT2D eigenvalue weighted by atomic mass is 10.2. The largest absolute Gasteiger partial charge is 0.475 e. The summed E-state index contributed by atoms with van der Waals surface area (Å²) in [6.45, 7) is 4.57. The van der Waals surface area contributed by atoms with Gasteiger partial charge in [0.1, 0.15) is 12.2 Å². The highest BCUT2D eigenvalue weighted by Gasteiger charge is 2.11. The number of nitrogens with zero attached hydrogens (tertiary/aromatic N) is 1. The highest BCUT2D eigenvalue weighted by Crippen LogP contribution is 2.17. The third kappa shape index (κ3) is 4.28. The summed E-state index contributed by atoms with van der Waals surface area (Å²) in [5, 5.41) is 0. The zero-order valence-electron chi connectivity index (χ0n) is 9.97. The molecule has 0 aromatic carbocycles. The molecule has 6 heteroatoms. The lowest BCUT2D eigenvalue weighted by Crippen LogP contribution is -2.17. The Morgan fingerprint density at radius 3 is 2.76 bits per heavy atom. The Labute approximate surface area is 99.9 Å². The number of carbonyl (C=O) groups is 1. The van der Waals surface area contributed by atoms with E-state index in [0.717, 1.165) is 0 Å². The number of primary amides is 1. The zero-order chi connectivity index (χ0) is 12.8. The van der Waals surface area contributed by atoms with Crippen molar-refractivity contribution in [1.82, 2.24) is 4.98 Å². The Kier molecular flexibility index (Phi) is 4.71. The molecule has 1 aromatic rings. The van der Waals surface area contributed by atoms with E-state index >= 15 is 0 Å². The van der Waals surface area contributed by atoms with Gasteiger partial charge >= 0.3 is 0 Å². The Hall–Kier alpha value is -1.82. The summed E-state index contributed by atoms with van der Waals surface area (Å²) in [5.74, 6) is -0.441. The molecular weight excluding hydrogens is 222 g/mol. The number of carbonyl (C=O) groups excluding carboxylic acids is 1. The molecule has 17 heavy (non-hydrogen) atoms. The normalized spacial score (nSPS) is 10.5. The van der Waals surface area contributed by atoms with Gasteiger partial charge in [-0.15, -0.1) is 0 Å². The number of anilines is 1. The second-order valence-corrected chi connectivity index (χ2v) is 3.75. The van der Waals surface area contributed by atoms with Gasteiger partial charge in [-0.25, -0.2) is 4.98 Å². The van der Waals surface area contributed by atoms with E-state index in [1.54, 1.807) is 0 Å². The summed E-state index contributed by atoms with van der Waals surface area (Å²) in [6, 6.07) is 1.44. The molecule has 1 rings (SSSR count). The van der Waals surface area contributed by atoms with Gasteiger partial charge in [0.25, 0.3) is 5.91 Å². The van der Waals surface area contributed by atoms with Gasteiger partial charge in [0.15, 0.2) is 0 Å². The van der Waals surface area contributed by atoms with E-state index in [1.807, 2.05) is 13.8 Å². The average molecular weight is 239 g/mol. The minimum absolute atomic E-state index is 0.133. The number of aromatic nitrogens is 1. The van der Waals surface area contributed by atoms with Crippen LogP contribution in [0.4, 0.5) is 5.69 Å². The topological polar surface area (TPSA) is 100 Å². The molecule has 0 aliphatic heterocycles. The van der Waals surface area contributed by atoms with Crippen molar-refractivity contribution >= 4 is 11.6 Å². The molecule has 0 fully saturated rings. The number of nitrogens with two attached hydrogens (primary N) is 2. The van der Waals surface area contributed by atoms with Crippen molar-refractivity contribution in [3.05, 3.63) is 17.8 Å². The molecule has 0 saturated heterocycles. The summed E-state index contributed by atoms with van der Waals surface area (Å²) in [7, 11) is 0. The van der Waals surface area contributed by atoms with Crippen LogP contribution in [-0.2, 0) is 4.74 Å². The molecule has 94 valence electrons. The van der Waals surface area contributed by atoms with Crippen molar-refractivity contribution in [2.75, 3.05) is 18.9 Å². The predicted octanol–water partition coefficient (Wildman–Crippen LogP) is 0.567. The van der Waals surface area contributed by atoms with Crippen LogP contribution >= 0.6 is 0 Å². The first kappa shape index (κ1) is 13.2. The van der Waals surface area contributed by atoms with Crippen LogP contribution in [-0.4, -0.2) is 30.2 Å². The van der Waals surface area contributed by atoms with Gasteiger partial charge in [-0.2, -0.15) is 0 Å². The molecular formula is C11H17N3O3. The average Bonchev–Trinajstić information content (AvgIpc) is 2.25. The number of nitrogen functional groups attached to an aromatic ring is 1. The fourth-order valence-corrected chi connectivity index (χ4v) is 1.18. The molecule has 0 spiro atoms. The summed E-state index contributed by atoms with van der Waals surface area (Å²) in [6.07, 6.45) is 1.54. The molecule has 0 radical (unpaired) electrons. The van der Waals surface area contributed by atoms with Gasteiger partial charge < -0.3 is 20.9 Å². The second kappa shape index (κ2) is 6.05. The SMILES string of the molecule is CC(C)OCCOc1ncc(N)cc1C(N)=O. The van der Waals surface area contributed by atoms with Crippen molar-refractivity contribution in [1.29, 1.82) is 0 Å². The molecule has 0 unspecified atom stereocenters. The highest BCUT2D eigenvalue weighted by atomic mass is 16.5. The van der Waals surface area contributed by atoms with Crippen LogP contribution in [0.5, 0.6) is 5.88 Å². The molecule has 4 N–H and O–H groups in total. The molecule has 1 aromatic heterocycles. The van der Waals surface area contributed by atoms with Crippen LogP contribution in [0.1, 0.15) is 24.2 Å². The van der Waals surface area contributed by atoms with Crippen LogP contribution in [0.2, 0.25) is 0 Å². The van der Waals surface area contributed by atoms with Gasteiger partial charge in [0.2, 0.25) is 5.88 Å². The van der Waals surface area contributed by atoms with Crippen LogP contribution in [0.15, 0.2) is 12.3 Å². The van der Waals surface area contributed by atoms with E-state index in [2.05, 4.69) is 4.98 Å². The standard InChI is InChI=1S/C11H17N3O3/c1-7(2)16-3-4-17-11-9(10(13)15)5-8(12)6-14-11/h5-7H,3-4,12H2,1-2H3,(H2,13,15). The fourth-order valence-electron chi connectivity index (χ4n) is 1.18. The van der Waals surface area contributed by atoms with Gasteiger partial charge in [-0.3, -0.25) is 4.79 Å². The van der Waals surface area contributed by atoms with Crippen LogP contribution in [0.3, 0.4) is 0 Å². The molecule has 1 heterocycles. The Balaban J connectivity index is 2.61. The number of hydrogen-bond donors (Lipinski definition) is 2. The van der Waals surface area contributed by atoms with Crippen molar-refractivity contribution < 1.29 is 14.3 Å². The Bertz CT molecular complexity index is 394. The maximum Gasteiger partial charge on any atom is 0.254 e. The first-order valence-corrected chi connectivity index (χ1v) is 5.30. The monoisotopic (exact) mass is 239 g/mol. The molecule has 6 nitrogen and oxygen atoms in total. The number of pyridine rings is 1. The van der Waals surface area contributed by atoms with Gasteiger partial charge in [0.05, 0.1) is 24.6 Å². The molecule has 1 amide bonds. The maximum atomic E-state index is 11.1. The summed E-state index contributed by atoms with van der Waals surface area (Å²) in [4.78, 5) is 15.0. The van der Waals surface area contributed by atoms with Crippen molar-refractivity contribution in [3.8, 4) is 5.88 Å². The maximum absolute atomic E-state index is 11.1. The summed E-state index contributed by atoms with van der Waals surface area (Å²) in [5.41, 5.74) is 11.2. The second-order valence-electron chi connectivity index (χ2n) is 3.75. The van der Waals surface area contributed by atoms with Crippen molar-refractivity contribution in [2.45, 2.75) is 20.0 Å². The van der Waals surface area contributed by atoms with Crippen LogP contribution in [0.25, 0.3) is 0 Å². The quantitative estimate of drug-likeness (QED) is 0.707. The number of ether oxygens (including phenoxy) is 2. The fraction of sp³-hybridized carbons (Fsp3) is 0.455. The molecule has 0 aliphatic carbocycles. The summed E-state index contributed by atoms with van der Waals surface area (Å²) >= 11 is 0. The van der Waals surface area contributed by atoms with E-state index in [-0.39, 0.29) is 17.5 Å². The van der Waals surface area contributed by atoms with E-state index in [0.29, 0.717) is 18.9 Å². The van der Waals surface area contributed by atoms with Gasteiger partial charge in [0, 0.05) is 0 Å². The first-order chi connectivity index (χ1) is 8.00. The highest BCUT2D eigenvalue weighted by molar-refractivity contribution is 5.95.